The molecule has 0 fully saturated rings. The van der Waals surface area contributed by atoms with E-state index in [0.717, 1.165) is 0 Å². The minimum atomic E-state index is -2.95. The molecule has 2 amide bonds. The maximum atomic E-state index is 12.7. The Kier molecular flexibility index (Phi) is 6.02. The number of hydrogen-bond acceptors (Lipinski definition) is 3. The molecule has 2 rings (SSSR count). The molecule has 0 aromatic heterocycles. The second kappa shape index (κ2) is 8.03. The number of nitrogens with one attached hydrogen (secondary N) is 2. The van der Waals surface area contributed by atoms with Gasteiger partial charge in [0, 0.05) is 16.8 Å². The summed E-state index contributed by atoms with van der Waals surface area (Å²) in [7, 11) is 1.54. The molecule has 140 valence electrons. The molecule has 0 saturated carbocycles. The van der Waals surface area contributed by atoms with E-state index >= 15 is 0 Å². The molecular formula is C19H22F2N2O3. The summed E-state index contributed by atoms with van der Waals surface area (Å²) in [5.41, 5.74) is 1.14. The average molecular weight is 364 g/mol. The quantitative estimate of drug-likeness (QED) is 0.795. The third-order valence-electron chi connectivity index (χ3n) is 3.34. The van der Waals surface area contributed by atoms with Crippen molar-refractivity contribution in [2.24, 2.45) is 0 Å². The number of alkyl halides is 2. The summed E-state index contributed by atoms with van der Waals surface area (Å²) in [4.78, 5) is 12.0. The number of methoxy groups -OCH3 is 1. The molecule has 2 aromatic carbocycles. The lowest BCUT2D eigenvalue weighted by Gasteiger charge is -2.21. The molecule has 2 aromatic rings. The van der Waals surface area contributed by atoms with Gasteiger partial charge in [-0.15, -0.1) is 0 Å². The molecule has 0 saturated heterocycles. The predicted molar refractivity (Wildman–Crippen MR) is 97.0 cm³/mol. The number of anilines is 1. The van der Waals surface area contributed by atoms with Gasteiger partial charge in [0.25, 0.3) is 0 Å². The number of amides is 2. The van der Waals surface area contributed by atoms with Crippen LogP contribution in [0.5, 0.6) is 11.5 Å². The number of benzene rings is 2. The van der Waals surface area contributed by atoms with E-state index < -0.39 is 12.2 Å². The van der Waals surface area contributed by atoms with Gasteiger partial charge in [-0.3, -0.25) is 0 Å². The summed E-state index contributed by atoms with van der Waals surface area (Å²) < 4.78 is 35.1. The lowest BCUT2D eigenvalue weighted by molar-refractivity contribution is -0.0494. The molecule has 0 atom stereocenters. The van der Waals surface area contributed by atoms with E-state index in [9.17, 15) is 13.6 Å². The summed E-state index contributed by atoms with van der Waals surface area (Å²) in [6, 6.07) is 11.0. The third kappa shape index (κ3) is 5.61. The Bertz CT molecular complexity index is 756. The van der Waals surface area contributed by atoms with Crippen LogP contribution in [-0.4, -0.2) is 25.3 Å². The Morgan fingerprint density at radius 1 is 1.08 bits per heavy atom. The molecule has 2 N–H and O–H groups in total. The molecule has 0 unspecified atom stereocenters. The number of rotatable bonds is 5. The zero-order chi connectivity index (χ0) is 19.3. The Hall–Kier alpha value is -2.83. The van der Waals surface area contributed by atoms with Crippen molar-refractivity contribution < 1.29 is 23.0 Å². The first-order valence-corrected chi connectivity index (χ1v) is 8.00. The lowest BCUT2D eigenvalue weighted by atomic mass is 10.0. The van der Waals surface area contributed by atoms with E-state index in [1.807, 2.05) is 20.8 Å². The minimum Gasteiger partial charge on any atom is -0.497 e. The van der Waals surface area contributed by atoms with Crippen molar-refractivity contribution in [2.45, 2.75) is 32.9 Å². The number of carbonyl (C=O) groups excluding carboxylic acids is 1. The zero-order valence-corrected chi connectivity index (χ0v) is 15.1. The second-order valence-electron chi connectivity index (χ2n) is 6.65. The molecule has 0 aliphatic heterocycles. The Morgan fingerprint density at radius 2 is 1.73 bits per heavy atom. The van der Waals surface area contributed by atoms with Gasteiger partial charge in [0.15, 0.2) is 0 Å². The van der Waals surface area contributed by atoms with Crippen LogP contribution in [-0.2, 0) is 0 Å². The van der Waals surface area contributed by atoms with Crippen molar-refractivity contribution >= 4 is 11.7 Å². The van der Waals surface area contributed by atoms with Gasteiger partial charge in [-0.1, -0.05) is 12.1 Å². The fourth-order valence-electron chi connectivity index (χ4n) is 2.31. The zero-order valence-electron chi connectivity index (χ0n) is 15.1. The van der Waals surface area contributed by atoms with Gasteiger partial charge < -0.3 is 20.1 Å². The van der Waals surface area contributed by atoms with Crippen molar-refractivity contribution in [3.63, 3.8) is 0 Å². The molecule has 0 radical (unpaired) electrons. The normalized spacial score (nSPS) is 11.2. The van der Waals surface area contributed by atoms with Crippen LogP contribution in [0.25, 0.3) is 11.1 Å². The molecule has 0 heterocycles. The molecule has 0 spiro atoms. The van der Waals surface area contributed by atoms with Gasteiger partial charge in [-0.05, 0) is 56.7 Å². The van der Waals surface area contributed by atoms with Crippen molar-refractivity contribution in [3.05, 3.63) is 42.5 Å². The van der Waals surface area contributed by atoms with Crippen molar-refractivity contribution in [1.82, 2.24) is 5.32 Å². The summed E-state index contributed by atoms with van der Waals surface area (Å²) in [6.45, 7) is 2.62. The van der Waals surface area contributed by atoms with Crippen LogP contribution in [0.1, 0.15) is 20.8 Å². The van der Waals surface area contributed by atoms with Crippen LogP contribution in [0, 0.1) is 0 Å². The fourth-order valence-corrected chi connectivity index (χ4v) is 2.31. The SMILES string of the molecule is COc1ccc(-c2cc(NC(=O)NC(C)(C)C)ccc2OC(F)F)cc1. The first-order valence-electron chi connectivity index (χ1n) is 8.00. The van der Waals surface area contributed by atoms with E-state index in [4.69, 9.17) is 4.74 Å². The Balaban J connectivity index is 2.34. The highest BCUT2D eigenvalue weighted by molar-refractivity contribution is 5.91. The van der Waals surface area contributed by atoms with Crippen molar-refractivity contribution in [3.8, 4) is 22.6 Å². The van der Waals surface area contributed by atoms with Gasteiger partial charge >= 0.3 is 12.6 Å². The third-order valence-corrected chi connectivity index (χ3v) is 3.34. The maximum absolute atomic E-state index is 12.7. The first kappa shape index (κ1) is 19.5. The number of hydrogen-bond donors (Lipinski definition) is 2. The molecule has 5 nitrogen and oxygen atoms in total. The summed E-state index contributed by atoms with van der Waals surface area (Å²) in [5, 5.41) is 5.46. The number of carbonyl (C=O) groups is 1. The highest BCUT2D eigenvalue weighted by Gasteiger charge is 2.16. The number of halogens is 2. The minimum absolute atomic E-state index is 0.0203. The van der Waals surface area contributed by atoms with Gasteiger partial charge in [-0.25, -0.2) is 4.79 Å². The van der Waals surface area contributed by atoms with Gasteiger partial charge in [-0.2, -0.15) is 8.78 Å². The highest BCUT2D eigenvalue weighted by atomic mass is 19.3. The van der Waals surface area contributed by atoms with Crippen LogP contribution in [0.2, 0.25) is 0 Å². The molecular weight excluding hydrogens is 342 g/mol. The van der Waals surface area contributed by atoms with E-state index in [1.165, 1.54) is 12.1 Å². The smallest absolute Gasteiger partial charge is 0.387 e. The lowest BCUT2D eigenvalue weighted by Crippen LogP contribution is -2.43. The fraction of sp³-hybridized carbons (Fsp3) is 0.316. The van der Waals surface area contributed by atoms with E-state index in [0.29, 0.717) is 22.6 Å². The van der Waals surface area contributed by atoms with Crippen molar-refractivity contribution in [2.75, 3.05) is 12.4 Å². The predicted octanol–water partition coefficient (Wildman–Crippen LogP) is 4.88. The van der Waals surface area contributed by atoms with E-state index in [2.05, 4.69) is 15.4 Å². The van der Waals surface area contributed by atoms with Crippen LogP contribution in [0.4, 0.5) is 19.3 Å². The average Bonchev–Trinajstić information content (AvgIpc) is 2.54. The van der Waals surface area contributed by atoms with E-state index in [1.54, 1.807) is 37.4 Å². The molecule has 0 aliphatic rings. The van der Waals surface area contributed by atoms with Gasteiger partial charge in [0.2, 0.25) is 0 Å². The van der Waals surface area contributed by atoms with Crippen LogP contribution in [0.3, 0.4) is 0 Å². The van der Waals surface area contributed by atoms with Crippen LogP contribution in [0.15, 0.2) is 42.5 Å². The maximum Gasteiger partial charge on any atom is 0.387 e. The molecule has 7 heteroatoms. The Morgan fingerprint density at radius 3 is 2.27 bits per heavy atom. The molecule has 0 bridgehead atoms. The summed E-state index contributed by atoms with van der Waals surface area (Å²) in [5.74, 6) is 0.663. The van der Waals surface area contributed by atoms with Gasteiger partial charge in [0.1, 0.15) is 11.5 Å². The van der Waals surface area contributed by atoms with Crippen molar-refractivity contribution in [1.29, 1.82) is 0 Å². The number of ether oxygens (including phenoxy) is 2. The summed E-state index contributed by atoms with van der Waals surface area (Å²) in [6.07, 6.45) is 0. The number of urea groups is 1. The standard InChI is InChI=1S/C19H22F2N2O3/c1-19(2,3)23-18(24)22-13-7-10-16(26-17(20)21)15(11-13)12-5-8-14(25-4)9-6-12/h5-11,17H,1-4H3,(H2,22,23,24). The first-order chi connectivity index (χ1) is 12.2. The monoisotopic (exact) mass is 364 g/mol. The molecule has 0 aliphatic carbocycles. The highest BCUT2D eigenvalue weighted by Crippen LogP contribution is 2.34. The topological polar surface area (TPSA) is 59.6 Å². The van der Waals surface area contributed by atoms with Crippen LogP contribution >= 0.6 is 0 Å². The largest absolute Gasteiger partial charge is 0.497 e. The molecule has 26 heavy (non-hydrogen) atoms. The van der Waals surface area contributed by atoms with Crippen LogP contribution < -0.4 is 20.1 Å². The second-order valence-corrected chi connectivity index (χ2v) is 6.65. The summed E-state index contributed by atoms with van der Waals surface area (Å²) >= 11 is 0. The van der Waals surface area contributed by atoms with Gasteiger partial charge in [0.05, 0.1) is 7.11 Å². The Labute approximate surface area is 151 Å². The van der Waals surface area contributed by atoms with E-state index in [-0.39, 0.29) is 11.8 Å².